The Morgan fingerprint density at radius 1 is 0.250 bits per heavy atom. The molecule has 0 aromatic carbocycles. The lowest BCUT2D eigenvalue weighted by Crippen LogP contribution is -2.30. The molecule has 0 aliphatic heterocycles. The third-order valence-electron chi connectivity index (χ3n) is 18.1. The molecular weight excluding hydrogens is 1260 g/mol. The Bertz CT molecular complexity index is 1830. The highest BCUT2D eigenvalue weighted by molar-refractivity contribution is 7.47. The van der Waals surface area contributed by atoms with Crippen molar-refractivity contribution >= 4 is 39.5 Å². The number of carbonyl (C=O) groups excluding carboxylic acids is 4. The van der Waals surface area contributed by atoms with Gasteiger partial charge in [0.05, 0.1) is 26.4 Å². The van der Waals surface area contributed by atoms with Gasteiger partial charge in [0, 0.05) is 25.7 Å². The fraction of sp³-hybridized carbons (Fsp3) is 0.948. The van der Waals surface area contributed by atoms with Crippen LogP contribution in [0.1, 0.15) is 413 Å². The number of esters is 4. The van der Waals surface area contributed by atoms with E-state index in [-0.39, 0.29) is 25.7 Å². The summed E-state index contributed by atoms with van der Waals surface area (Å²) < 4.78 is 68.3. The summed E-state index contributed by atoms with van der Waals surface area (Å²) in [5, 5.41) is 10.6. The Labute approximate surface area is 588 Å². The molecule has 0 amide bonds. The van der Waals surface area contributed by atoms with E-state index in [1.54, 1.807) is 0 Å². The van der Waals surface area contributed by atoms with Crippen LogP contribution in [0, 0.1) is 0 Å². The van der Waals surface area contributed by atoms with Gasteiger partial charge in [-0.1, -0.05) is 362 Å². The van der Waals surface area contributed by atoms with Crippen molar-refractivity contribution in [1.82, 2.24) is 0 Å². The number of carbonyl (C=O) groups is 4. The number of hydrogen-bond acceptors (Lipinski definition) is 15. The number of ether oxygens (including phenoxy) is 4. The molecule has 19 heteroatoms. The van der Waals surface area contributed by atoms with E-state index in [1.807, 2.05) is 0 Å². The molecule has 0 aromatic heterocycles. The van der Waals surface area contributed by atoms with Crippen molar-refractivity contribution in [1.29, 1.82) is 0 Å². The summed E-state index contributed by atoms with van der Waals surface area (Å²) in [6, 6.07) is 0. The van der Waals surface area contributed by atoms with Gasteiger partial charge < -0.3 is 33.8 Å². The summed E-state index contributed by atoms with van der Waals surface area (Å²) in [4.78, 5) is 72.6. The topological polar surface area (TPSA) is 237 Å². The second-order valence-electron chi connectivity index (χ2n) is 27.7. The van der Waals surface area contributed by atoms with Gasteiger partial charge >= 0.3 is 39.5 Å². The first-order chi connectivity index (χ1) is 46.7. The fourth-order valence-electron chi connectivity index (χ4n) is 11.9. The highest BCUT2D eigenvalue weighted by Gasteiger charge is 2.30. The number of unbranched alkanes of at least 4 members (excludes halogenated alkanes) is 52. The van der Waals surface area contributed by atoms with Gasteiger partial charge in [-0.3, -0.25) is 37.3 Å². The molecule has 0 aliphatic rings. The van der Waals surface area contributed by atoms with Gasteiger partial charge in [0.25, 0.3) is 0 Å². The molecule has 0 heterocycles. The van der Waals surface area contributed by atoms with Crippen molar-refractivity contribution in [3.63, 3.8) is 0 Å². The first-order valence-electron chi connectivity index (χ1n) is 40.3. The van der Waals surface area contributed by atoms with Crippen LogP contribution in [0.4, 0.5) is 0 Å². The molecule has 0 aromatic rings. The summed E-state index contributed by atoms with van der Waals surface area (Å²) >= 11 is 0. The van der Waals surface area contributed by atoms with Gasteiger partial charge in [0.15, 0.2) is 12.2 Å². The number of aliphatic hydroxyl groups excluding tert-OH is 1. The van der Waals surface area contributed by atoms with Crippen molar-refractivity contribution in [2.45, 2.75) is 431 Å². The van der Waals surface area contributed by atoms with Crippen LogP contribution in [0.2, 0.25) is 0 Å². The monoisotopic (exact) mass is 1410 g/mol. The van der Waals surface area contributed by atoms with E-state index in [0.717, 1.165) is 96.3 Å². The van der Waals surface area contributed by atoms with Gasteiger partial charge in [0.1, 0.15) is 19.3 Å². The number of aliphatic hydroxyl groups is 1. The SMILES string of the molecule is CCCCCCCCCCCCCCCCCCCCCCC(=O)O[C@H](COC(=O)CCCCCCCCCCCCCCCCCCC)COP(=O)(O)OC[C@@H](O)COP(=O)(O)OC[C@@H](COC(=O)CCCCCCC)OC(=O)CCCCCCCCCCCCCCCC. The van der Waals surface area contributed by atoms with Crippen LogP contribution >= 0.6 is 15.6 Å². The van der Waals surface area contributed by atoms with Crippen LogP contribution in [0.3, 0.4) is 0 Å². The lowest BCUT2D eigenvalue weighted by Gasteiger charge is -2.21. The van der Waals surface area contributed by atoms with Crippen molar-refractivity contribution in [2.24, 2.45) is 0 Å². The van der Waals surface area contributed by atoms with Crippen molar-refractivity contribution in [3.05, 3.63) is 0 Å². The molecule has 0 saturated heterocycles. The van der Waals surface area contributed by atoms with Crippen molar-refractivity contribution in [2.75, 3.05) is 39.6 Å². The average Bonchev–Trinajstić information content (AvgIpc) is 1.26. The third-order valence-corrected chi connectivity index (χ3v) is 20.0. The van der Waals surface area contributed by atoms with E-state index in [2.05, 4.69) is 27.7 Å². The van der Waals surface area contributed by atoms with Crippen molar-refractivity contribution < 1.29 is 80.2 Å². The molecule has 2 unspecified atom stereocenters. The maximum atomic E-state index is 13.1. The fourth-order valence-corrected chi connectivity index (χ4v) is 13.5. The van der Waals surface area contributed by atoms with E-state index in [0.29, 0.717) is 25.7 Å². The largest absolute Gasteiger partial charge is 0.472 e. The smallest absolute Gasteiger partial charge is 0.462 e. The van der Waals surface area contributed by atoms with Crippen molar-refractivity contribution in [3.8, 4) is 0 Å². The van der Waals surface area contributed by atoms with E-state index < -0.39 is 97.5 Å². The first kappa shape index (κ1) is 94.1. The van der Waals surface area contributed by atoms with Crippen LogP contribution in [0.15, 0.2) is 0 Å². The minimum Gasteiger partial charge on any atom is -0.462 e. The molecule has 570 valence electrons. The van der Waals surface area contributed by atoms with Crippen LogP contribution in [-0.2, 0) is 65.4 Å². The first-order valence-corrected chi connectivity index (χ1v) is 43.3. The van der Waals surface area contributed by atoms with E-state index in [1.165, 1.54) is 238 Å². The Kier molecular flexibility index (Phi) is 70.0. The van der Waals surface area contributed by atoms with Gasteiger partial charge in [-0.2, -0.15) is 0 Å². The summed E-state index contributed by atoms with van der Waals surface area (Å²) in [5.74, 6) is -2.12. The van der Waals surface area contributed by atoms with Gasteiger partial charge in [-0.25, -0.2) is 9.13 Å². The zero-order valence-electron chi connectivity index (χ0n) is 62.4. The normalized spacial score (nSPS) is 13.9. The molecule has 0 fully saturated rings. The van der Waals surface area contributed by atoms with Gasteiger partial charge in [-0.15, -0.1) is 0 Å². The molecule has 3 N–H and O–H groups in total. The minimum absolute atomic E-state index is 0.108. The Morgan fingerprint density at radius 3 is 0.615 bits per heavy atom. The zero-order chi connectivity index (χ0) is 70.4. The summed E-state index contributed by atoms with van der Waals surface area (Å²) in [6.07, 6.45) is 62.9. The Hall–Kier alpha value is -1.94. The average molecular weight is 1410 g/mol. The molecule has 0 spiro atoms. The van der Waals surface area contributed by atoms with Crippen LogP contribution in [-0.4, -0.2) is 96.7 Å². The predicted molar refractivity (Wildman–Crippen MR) is 391 cm³/mol. The van der Waals surface area contributed by atoms with Crippen LogP contribution in [0.25, 0.3) is 0 Å². The van der Waals surface area contributed by atoms with E-state index >= 15 is 0 Å². The van der Waals surface area contributed by atoms with Gasteiger partial charge in [-0.05, 0) is 25.7 Å². The molecule has 0 rings (SSSR count). The second kappa shape index (κ2) is 71.5. The lowest BCUT2D eigenvalue weighted by molar-refractivity contribution is -0.161. The maximum Gasteiger partial charge on any atom is 0.472 e. The number of phosphoric ester groups is 2. The second-order valence-corrected chi connectivity index (χ2v) is 30.7. The molecule has 17 nitrogen and oxygen atoms in total. The predicted octanol–water partition coefficient (Wildman–Crippen LogP) is 23.0. The van der Waals surface area contributed by atoms with E-state index in [9.17, 15) is 43.2 Å². The Morgan fingerprint density at radius 2 is 0.417 bits per heavy atom. The summed E-state index contributed by atoms with van der Waals surface area (Å²) in [6.45, 7) is 4.91. The molecular formula is C77H150O17P2. The van der Waals surface area contributed by atoms with Crippen LogP contribution < -0.4 is 0 Å². The molecule has 0 radical (unpaired) electrons. The summed E-state index contributed by atoms with van der Waals surface area (Å²) in [7, 11) is -9.90. The lowest BCUT2D eigenvalue weighted by atomic mass is 10.0. The standard InChI is InChI=1S/C77H150O17P2/c1-5-9-13-17-20-23-26-29-32-34-35-36-38-40-43-46-49-52-56-60-64-77(82)94-73(68-88-75(80)62-58-54-50-47-44-42-39-37-33-30-27-24-21-18-14-10-6-2)70-92-96(85,86)90-66-71(78)65-89-95(83,84)91-69-72(67-87-74(79)61-57-53-16-12-8-4)93-76(81)63-59-55-51-48-45-41-31-28-25-22-19-15-11-7-3/h71-73,78H,5-70H2,1-4H3,(H,83,84)(H,85,86)/t71-,72+,73+/m0/s1. The summed E-state index contributed by atoms with van der Waals surface area (Å²) in [5.41, 5.74) is 0. The van der Waals surface area contributed by atoms with E-state index in [4.69, 9.17) is 37.0 Å². The van der Waals surface area contributed by atoms with Gasteiger partial charge in [0.2, 0.25) is 0 Å². The maximum absolute atomic E-state index is 13.1. The third kappa shape index (κ3) is 70.5. The molecule has 5 atom stereocenters. The Balaban J connectivity index is 5.12. The zero-order valence-corrected chi connectivity index (χ0v) is 64.1. The minimum atomic E-state index is -4.96. The molecule has 96 heavy (non-hydrogen) atoms. The quantitative estimate of drug-likeness (QED) is 0.0222. The highest BCUT2D eigenvalue weighted by atomic mass is 31.2. The molecule has 0 bridgehead atoms. The molecule has 0 saturated carbocycles. The molecule has 0 aliphatic carbocycles. The van der Waals surface area contributed by atoms with Crippen LogP contribution in [0.5, 0.6) is 0 Å². The number of phosphoric acid groups is 2. The number of rotatable bonds is 78. The highest BCUT2D eigenvalue weighted by Crippen LogP contribution is 2.45. The number of hydrogen-bond donors (Lipinski definition) is 3.